The molecule has 1 aliphatic rings. The Bertz CT molecular complexity index is 1120. The largest absolute Gasteiger partial charge is 0.416 e. The lowest BCUT2D eigenvalue weighted by atomic mass is 9.95. The van der Waals surface area contributed by atoms with Crippen molar-refractivity contribution in [1.29, 1.82) is 0 Å². The van der Waals surface area contributed by atoms with Gasteiger partial charge in [-0.3, -0.25) is 20.0 Å². The zero-order valence-corrected chi connectivity index (χ0v) is 17.4. The second kappa shape index (κ2) is 8.61. The summed E-state index contributed by atoms with van der Waals surface area (Å²) in [6.45, 7) is 0.622. The number of aromatic amines is 1. The molecule has 1 aliphatic heterocycles. The number of nitrogens with one attached hydrogen (secondary N) is 2. The Kier molecular flexibility index (Phi) is 5.87. The maximum atomic E-state index is 12.9. The lowest BCUT2D eigenvalue weighted by Crippen LogP contribution is -2.38. The fourth-order valence-electron chi connectivity index (χ4n) is 3.67. The molecule has 0 saturated carbocycles. The van der Waals surface area contributed by atoms with Crippen LogP contribution in [0.1, 0.15) is 18.4 Å². The van der Waals surface area contributed by atoms with E-state index in [0.29, 0.717) is 37.8 Å². The minimum atomic E-state index is -4.66. The van der Waals surface area contributed by atoms with Crippen molar-refractivity contribution in [2.75, 3.05) is 23.3 Å². The number of amides is 1. The summed E-state index contributed by atoms with van der Waals surface area (Å²) in [6, 6.07) is 8.09. The van der Waals surface area contributed by atoms with Gasteiger partial charge in [-0.2, -0.15) is 18.3 Å². The molecule has 0 radical (unpaired) electrons. The Morgan fingerprint density at radius 2 is 2.00 bits per heavy atom. The summed E-state index contributed by atoms with van der Waals surface area (Å²) in [5.41, 5.74) is -0.752. The Morgan fingerprint density at radius 3 is 2.62 bits per heavy atom. The molecule has 0 unspecified atom stereocenters. The normalized spacial score (nSPS) is 15.0. The minimum absolute atomic E-state index is 0.120. The van der Waals surface area contributed by atoms with E-state index in [1.54, 1.807) is 11.0 Å². The van der Waals surface area contributed by atoms with Gasteiger partial charge in [0.2, 0.25) is 5.91 Å². The van der Waals surface area contributed by atoms with E-state index in [-0.39, 0.29) is 17.5 Å². The summed E-state index contributed by atoms with van der Waals surface area (Å²) in [4.78, 5) is 25.8. The highest BCUT2D eigenvalue weighted by atomic mass is 32.1. The molecule has 2 aromatic heterocycles. The van der Waals surface area contributed by atoms with Crippen molar-refractivity contribution < 1.29 is 22.9 Å². The lowest BCUT2D eigenvalue weighted by Gasteiger charge is -2.32. The first-order valence-electron chi connectivity index (χ1n) is 9.73. The van der Waals surface area contributed by atoms with Crippen molar-refractivity contribution in [3.63, 3.8) is 0 Å². The van der Waals surface area contributed by atoms with Crippen molar-refractivity contribution in [1.82, 2.24) is 10.2 Å². The molecule has 4 rings (SSSR count). The standard InChI is InChI=1S/C20H18F3N5O3S/c21-20(22,23)13-3-4-15(16(10-13)28(30)31)27-7-5-12(6-8-27)19(29)24-18-11-14(25-26-18)17-2-1-9-32-17/h1-4,9-12H,5-8H2,(H2,24,25,26,29). The average molecular weight is 465 g/mol. The molecule has 168 valence electrons. The average Bonchev–Trinajstić information content (AvgIpc) is 3.44. The number of hydrogen-bond acceptors (Lipinski definition) is 6. The molecule has 12 heteroatoms. The highest BCUT2D eigenvalue weighted by Gasteiger charge is 2.35. The van der Waals surface area contributed by atoms with E-state index >= 15 is 0 Å². The van der Waals surface area contributed by atoms with Crippen molar-refractivity contribution in [3.8, 4) is 10.6 Å². The van der Waals surface area contributed by atoms with Crippen LogP contribution in [-0.2, 0) is 11.0 Å². The number of nitro benzene ring substituents is 1. The molecule has 0 aliphatic carbocycles. The number of carbonyl (C=O) groups is 1. The lowest BCUT2D eigenvalue weighted by molar-refractivity contribution is -0.384. The monoisotopic (exact) mass is 465 g/mol. The fourth-order valence-corrected chi connectivity index (χ4v) is 4.36. The number of nitrogens with zero attached hydrogens (tertiary/aromatic N) is 3. The first kappa shape index (κ1) is 21.8. The number of rotatable bonds is 5. The maximum absolute atomic E-state index is 12.9. The van der Waals surface area contributed by atoms with Gasteiger partial charge >= 0.3 is 6.18 Å². The van der Waals surface area contributed by atoms with Gasteiger partial charge in [-0.25, -0.2) is 0 Å². The summed E-state index contributed by atoms with van der Waals surface area (Å²) < 4.78 is 38.8. The molecule has 1 fully saturated rings. The van der Waals surface area contributed by atoms with E-state index in [1.165, 1.54) is 11.3 Å². The molecule has 0 bridgehead atoms. The molecule has 1 aromatic carbocycles. The van der Waals surface area contributed by atoms with Gasteiger partial charge in [0.15, 0.2) is 5.82 Å². The molecule has 2 N–H and O–H groups in total. The topological polar surface area (TPSA) is 104 Å². The molecule has 32 heavy (non-hydrogen) atoms. The third-order valence-corrected chi connectivity index (χ3v) is 6.22. The van der Waals surface area contributed by atoms with Gasteiger partial charge in [0.05, 0.1) is 21.1 Å². The van der Waals surface area contributed by atoms with Gasteiger partial charge in [0.1, 0.15) is 5.69 Å². The van der Waals surface area contributed by atoms with Crippen molar-refractivity contribution >= 4 is 34.4 Å². The number of halogens is 3. The van der Waals surface area contributed by atoms with Gasteiger partial charge in [-0.1, -0.05) is 6.07 Å². The number of benzene rings is 1. The van der Waals surface area contributed by atoms with Gasteiger partial charge in [0, 0.05) is 31.1 Å². The van der Waals surface area contributed by atoms with Crippen LogP contribution in [0.2, 0.25) is 0 Å². The van der Waals surface area contributed by atoms with Crippen LogP contribution in [-0.4, -0.2) is 34.1 Å². The van der Waals surface area contributed by atoms with Crippen LogP contribution in [0.4, 0.5) is 30.4 Å². The van der Waals surface area contributed by atoms with E-state index in [9.17, 15) is 28.1 Å². The highest BCUT2D eigenvalue weighted by molar-refractivity contribution is 7.13. The Labute approximate surface area is 184 Å². The number of carbonyl (C=O) groups excluding carboxylic acids is 1. The molecule has 0 spiro atoms. The summed E-state index contributed by atoms with van der Waals surface area (Å²) >= 11 is 1.54. The van der Waals surface area contributed by atoms with Gasteiger partial charge in [0.25, 0.3) is 5.69 Å². The SMILES string of the molecule is O=C(Nc1cc(-c2cccs2)[nH]n1)C1CCN(c2ccc(C(F)(F)F)cc2[N+](=O)[O-])CC1. The van der Waals surface area contributed by atoms with Crippen molar-refractivity contribution in [3.05, 3.63) is 57.5 Å². The number of anilines is 2. The molecule has 1 amide bonds. The van der Waals surface area contributed by atoms with Crippen LogP contribution in [0, 0.1) is 16.0 Å². The van der Waals surface area contributed by atoms with E-state index in [0.717, 1.165) is 22.7 Å². The Balaban J connectivity index is 1.40. The molecule has 3 aromatic rings. The molecular weight excluding hydrogens is 447 g/mol. The maximum Gasteiger partial charge on any atom is 0.416 e. The second-order valence-electron chi connectivity index (χ2n) is 7.35. The third-order valence-electron chi connectivity index (χ3n) is 5.32. The van der Waals surface area contributed by atoms with Crippen molar-refractivity contribution in [2.45, 2.75) is 19.0 Å². The fraction of sp³-hybridized carbons (Fsp3) is 0.300. The zero-order chi connectivity index (χ0) is 22.9. The molecule has 3 heterocycles. The summed E-state index contributed by atoms with van der Waals surface area (Å²) in [5, 5.41) is 23.0. The highest BCUT2D eigenvalue weighted by Crippen LogP contribution is 2.37. The first-order chi connectivity index (χ1) is 15.2. The van der Waals surface area contributed by atoms with E-state index in [1.807, 2.05) is 17.5 Å². The van der Waals surface area contributed by atoms with Gasteiger partial charge in [-0.15, -0.1) is 11.3 Å². The predicted molar refractivity (Wildman–Crippen MR) is 114 cm³/mol. The van der Waals surface area contributed by atoms with Crippen LogP contribution in [0.15, 0.2) is 41.8 Å². The third kappa shape index (κ3) is 4.59. The first-order valence-corrected chi connectivity index (χ1v) is 10.6. The number of aromatic nitrogens is 2. The van der Waals surface area contributed by atoms with Gasteiger partial charge < -0.3 is 10.2 Å². The quantitative estimate of drug-likeness (QED) is 0.411. The Morgan fingerprint density at radius 1 is 1.25 bits per heavy atom. The number of alkyl halides is 3. The van der Waals surface area contributed by atoms with Crippen molar-refractivity contribution in [2.24, 2.45) is 5.92 Å². The van der Waals surface area contributed by atoms with Crippen LogP contribution < -0.4 is 10.2 Å². The van der Waals surface area contributed by atoms with Crippen LogP contribution >= 0.6 is 11.3 Å². The molecular formula is C20H18F3N5O3S. The zero-order valence-electron chi connectivity index (χ0n) is 16.6. The smallest absolute Gasteiger partial charge is 0.366 e. The number of hydrogen-bond donors (Lipinski definition) is 2. The number of thiophene rings is 1. The molecule has 0 atom stereocenters. The predicted octanol–water partition coefficient (Wildman–Crippen LogP) is 4.92. The Hall–Kier alpha value is -3.41. The van der Waals surface area contributed by atoms with E-state index in [2.05, 4.69) is 15.5 Å². The van der Waals surface area contributed by atoms with Crippen LogP contribution in [0.3, 0.4) is 0 Å². The number of nitro groups is 1. The summed E-state index contributed by atoms with van der Waals surface area (Å²) in [5.74, 6) is -0.142. The second-order valence-corrected chi connectivity index (χ2v) is 8.30. The van der Waals surface area contributed by atoms with Crippen LogP contribution in [0.5, 0.6) is 0 Å². The summed E-state index contributed by atoms with van der Waals surface area (Å²) in [7, 11) is 0. The van der Waals surface area contributed by atoms with E-state index in [4.69, 9.17) is 0 Å². The van der Waals surface area contributed by atoms with Gasteiger partial charge in [-0.05, 0) is 36.4 Å². The molecule has 1 saturated heterocycles. The van der Waals surface area contributed by atoms with Crippen LogP contribution in [0.25, 0.3) is 10.6 Å². The summed E-state index contributed by atoms with van der Waals surface area (Å²) in [6.07, 6.45) is -3.84. The minimum Gasteiger partial charge on any atom is -0.366 e. The van der Waals surface area contributed by atoms with E-state index < -0.39 is 22.4 Å². The number of H-pyrrole nitrogens is 1. The number of piperidine rings is 1. The molecule has 8 nitrogen and oxygen atoms in total.